The fourth-order valence-corrected chi connectivity index (χ4v) is 4.83. The minimum atomic E-state index is 0.462. The molecule has 7 heteroatoms. The number of nitrogens with zero attached hydrogens (tertiary/aromatic N) is 4. The van der Waals surface area contributed by atoms with Crippen molar-refractivity contribution in [1.82, 2.24) is 25.1 Å². The Morgan fingerprint density at radius 3 is 2.86 bits per heavy atom. The van der Waals surface area contributed by atoms with Crippen LogP contribution in [0.2, 0.25) is 0 Å². The van der Waals surface area contributed by atoms with E-state index in [-0.39, 0.29) is 0 Å². The van der Waals surface area contributed by atoms with Crippen molar-refractivity contribution in [3.63, 3.8) is 0 Å². The molecule has 0 spiro atoms. The monoisotopic (exact) mass is 390 g/mol. The quantitative estimate of drug-likeness (QED) is 0.552. The number of pyridine rings is 1. The summed E-state index contributed by atoms with van der Waals surface area (Å²) in [5.41, 5.74) is 11.4. The number of benzene rings is 1. The average molecular weight is 391 g/mol. The van der Waals surface area contributed by atoms with Gasteiger partial charge < -0.3 is 11.1 Å². The van der Waals surface area contributed by atoms with Crippen LogP contribution in [0, 0.1) is 6.92 Å². The molecule has 4 aromatic rings. The van der Waals surface area contributed by atoms with Crippen LogP contribution < -0.4 is 11.1 Å². The maximum absolute atomic E-state index is 6.21. The standard InChI is InChI=1S/C21H22N6S/c1-13-3-2-4-18-19(13)26-21(28-18)17-9-14(10-24-20(17)22)15-11-25-27(12-15)16-5-7-23-8-6-16/h2-4,9-12,16,23H,5-8H2,1H3,(H2,22,24). The molecule has 0 bridgehead atoms. The Bertz CT molecular complexity index is 1140. The summed E-state index contributed by atoms with van der Waals surface area (Å²) in [7, 11) is 0. The molecular weight excluding hydrogens is 368 g/mol. The minimum absolute atomic E-state index is 0.462. The maximum Gasteiger partial charge on any atom is 0.133 e. The molecule has 6 nitrogen and oxygen atoms in total. The van der Waals surface area contributed by atoms with Crippen molar-refractivity contribution < 1.29 is 0 Å². The number of piperidine rings is 1. The van der Waals surface area contributed by atoms with E-state index in [1.165, 1.54) is 10.3 Å². The lowest BCUT2D eigenvalue weighted by atomic mass is 10.1. The van der Waals surface area contributed by atoms with E-state index in [1.54, 1.807) is 11.3 Å². The number of nitrogens with two attached hydrogens (primary N) is 1. The smallest absolute Gasteiger partial charge is 0.133 e. The second kappa shape index (κ2) is 7.00. The van der Waals surface area contributed by atoms with Crippen molar-refractivity contribution in [2.75, 3.05) is 18.8 Å². The SMILES string of the molecule is Cc1cccc2sc(-c3cc(-c4cnn(C5CCNCC5)c4)cnc3N)nc12. The Morgan fingerprint density at radius 1 is 1.18 bits per heavy atom. The highest BCUT2D eigenvalue weighted by molar-refractivity contribution is 7.21. The highest BCUT2D eigenvalue weighted by Gasteiger charge is 2.17. The molecule has 5 rings (SSSR count). The molecule has 0 unspecified atom stereocenters. The molecule has 1 fully saturated rings. The van der Waals surface area contributed by atoms with Gasteiger partial charge >= 0.3 is 0 Å². The number of aromatic nitrogens is 4. The van der Waals surface area contributed by atoms with Crippen molar-refractivity contribution >= 4 is 27.4 Å². The summed E-state index contributed by atoms with van der Waals surface area (Å²) in [6, 6.07) is 8.79. The second-order valence-electron chi connectivity index (χ2n) is 7.29. The first kappa shape index (κ1) is 17.3. The number of anilines is 1. The van der Waals surface area contributed by atoms with Gasteiger partial charge in [-0.3, -0.25) is 4.68 Å². The van der Waals surface area contributed by atoms with Gasteiger partial charge in [-0.2, -0.15) is 5.10 Å². The van der Waals surface area contributed by atoms with Crippen molar-refractivity contribution in [3.8, 4) is 21.7 Å². The fourth-order valence-electron chi connectivity index (χ4n) is 3.76. The van der Waals surface area contributed by atoms with Crippen LogP contribution >= 0.6 is 11.3 Å². The lowest BCUT2D eigenvalue weighted by Gasteiger charge is -2.22. The van der Waals surface area contributed by atoms with E-state index in [9.17, 15) is 0 Å². The lowest BCUT2D eigenvalue weighted by Crippen LogP contribution is -2.29. The van der Waals surface area contributed by atoms with Gasteiger partial charge in [-0.05, 0) is 50.6 Å². The first-order valence-corrected chi connectivity index (χ1v) is 10.4. The summed E-state index contributed by atoms with van der Waals surface area (Å²) in [5, 5.41) is 8.91. The van der Waals surface area contributed by atoms with Crippen molar-refractivity contribution in [2.45, 2.75) is 25.8 Å². The number of para-hydroxylation sites is 1. The fraction of sp³-hybridized carbons (Fsp3) is 0.286. The lowest BCUT2D eigenvalue weighted by molar-refractivity contribution is 0.343. The Balaban J connectivity index is 1.52. The van der Waals surface area contributed by atoms with Gasteiger partial charge in [-0.1, -0.05) is 12.1 Å². The molecule has 1 aromatic carbocycles. The normalized spacial score (nSPS) is 15.3. The molecule has 0 aliphatic carbocycles. The third-order valence-electron chi connectivity index (χ3n) is 5.39. The van der Waals surface area contributed by atoms with Crippen LogP contribution in [0.4, 0.5) is 5.82 Å². The highest BCUT2D eigenvalue weighted by atomic mass is 32.1. The average Bonchev–Trinajstić information content (AvgIpc) is 3.37. The van der Waals surface area contributed by atoms with Crippen LogP contribution in [0.5, 0.6) is 0 Å². The first-order valence-electron chi connectivity index (χ1n) is 9.56. The van der Waals surface area contributed by atoms with Gasteiger partial charge in [-0.25, -0.2) is 9.97 Å². The minimum Gasteiger partial charge on any atom is -0.383 e. The molecule has 4 heterocycles. The molecule has 0 atom stereocenters. The molecule has 0 saturated carbocycles. The summed E-state index contributed by atoms with van der Waals surface area (Å²) in [5.74, 6) is 0.506. The van der Waals surface area contributed by atoms with Gasteiger partial charge in [0.15, 0.2) is 0 Å². The highest BCUT2D eigenvalue weighted by Crippen LogP contribution is 2.36. The molecule has 1 saturated heterocycles. The summed E-state index contributed by atoms with van der Waals surface area (Å²) < 4.78 is 3.26. The molecule has 3 aromatic heterocycles. The number of thiazole rings is 1. The van der Waals surface area contributed by atoms with E-state index in [0.717, 1.165) is 53.1 Å². The van der Waals surface area contributed by atoms with E-state index in [1.807, 2.05) is 12.4 Å². The number of nitrogen functional groups attached to an aromatic ring is 1. The predicted molar refractivity (Wildman–Crippen MR) is 114 cm³/mol. The van der Waals surface area contributed by atoms with Crippen LogP contribution in [0.1, 0.15) is 24.4 Å². The van der Waals surface area contributed by atoms with Crippen molar-refractivity contribution in [3.05, 3.63) is 48.4 Å². The zero-order valence-corrected chi connectivity index (χ0v) is 16.5. The van der Waals surface area contributed by atoms with E-state index >= 15 is 0 Å². The molecule has 1 aliphatic rings. The van der Waals surface area contributed by atoms with Crippen molar-refractivity contribution in [2.24, 2.45) is 0 Å². The third-order valence-corrected chi connectivity index (χ3v) is 6.44. The maximum atomic E-state index is 6.21. The molecule has 142 valence electrons. The van der Waals surface area contributed by atoms with E-state index < -0.39 is 0 Å². The van der Waals surface area contributed by atoms with E-state index in [0.29, 0.717) is 11.9 Å². The number of nitrogens with one attached hydrogen (secondary N) is 1. The second-order valence-corrected chi connectivity index (χ2v) is 8.32. The third kappa shape index (κ3) is 3.06. The van der Waals surface area contributed by atoms with Crippen LogP contribution in [-0.4, -0.2) is 32.8 Å². The van der Waals surface area contributed by atoms with Gasteiger partial charge in [0.2, 0.25) is 0 Å². The first-order chi connectivity index (χ1) is 13.7. The number of hydrogen-bond acceptors (Lipinski definition) is 6. The number of hydrogen-bond donors (Lipinski definition) is 2. The molecule has 3 N–H and O–H groups in total. The van der Waals surface area contributed by atoms with Gasteiger partial charge in [-0.15, -0.1) is 11.3 Å². The number of rotatable bonds is 3. The van der Waals surface area contributed by atoms with Gasteiger partial charge in [0.25, 0.3) is 0 Å². The van der Waals surface area contributed by atoms with E-state index in [4.69, 9.17) is 10.7 Å². The van der Waals surface area contributed by atoms with Crippen LogP contribution in [0.3, 0.4) is 0 Å². The van der Waals surface area contributed by atoms with Crippen LogP contribution in [0.15, 0.2) is 42.9 Å². The van der Waals surface area contributed by atoms with Gasteiger partial charge in [0, 0.05) is 23.5 Å². The summed E-state index contributed by atoms with van der Waals surface area (Å²) in [4.78, 5) is 9.27. The predicted octanol–water partition coefficient (Wildman–Crippen LogP) is 4.04. The number of aryl methyl sites for hydroxylation is 1. The Labute approximate surface area is 167 Å². The molecular formula is C21H22N6S. The molecule has 0 radical (unpaired) electrons. The Morgan fingerprint density at radius 2 is 2.04 bits per heavy atom. The van der Waals surface area contributed by atoms with E-state index in [2.05, 4.69) is 57.5 Å². The van der Waals surface area contributed by atoms with Crippen LogP contribution in [-0.2, 0) is 0 Å². The summed E-state index contributed by atoms with van der Waals surface area (Å²) in [6.07, 6.45) is 8.08. The molecule has 1 aliphatic heterocycles. The summed E-state index contributed by atoms with van der Waals surface area (Å²) >= 11 is 1.65. The van der Waals surface area contributed by atoms with Crippen LogP contribution in [0.25, 0.3) is 31.9 Å². The zero-order chi connectivity index (χ0) is 19.1. The van der Waals surface area contributed by atoms with Gasteiger partial charge in [0.05, 0.1) is 28.0 Å². The Kier molecular flexibility index (Phi) is 4.33. The topological polar surface area (TPSA) is 81.7 Å². The zero-order valence-electron chi connectivity index (χ0n) is 15.7. The van der Waals surface area contributed by atoms with Gasteiger partial charge in [0.1, 0.15) is 10.8 Å². The summed E-state index contributed by atoms with van der Waals surface area (Å²) in [6.45, 7) is 4.17. The molecule has 0 amide bonds. The largest absolute Gasteiger partial charge is 0.383 e. The van der Waals surface area contributed by atoms with Crippen molar-refractivity contribution in [1.29, 1.82) is 0 Å². The number of fused-ring (bicyclic) bond motifs is 1. The molecule has 28 heavy (non-hydrogen) atoms. The Hall–Kier alpha value is -2.77.